The van der Waals surface area contributed by atoms with Gasteiger partial charge in [0.1, 0.15) is 10.9 Å². The summed E-state index contributed by atoms with van der Waals surface area (Å²) in [5.41, 5.74) is 2.57. The van der Waals surface area contributed by atoms with E-state index in [4.69, 9.17) is 5.26 Å². The Hall–Kier alpha value is -1.63. The third-order valence-electron chi connectivity index (χ3n) is 2.52. The van der Waals surface area contributed by atoms with Crippen molar-refractivity contribution in [2.75, 3.05) is 0 Å². The summed E-state index contributed by atoms with van der Waals surface area (Å²) in [6.45, 7) is 3.77. The van der Waals surface area contributed by atoms with Crippen LogP contribution in [-0.4, -0.2) is 0 Å². The molecule has 0 unspecified atom stereocenters. The first kappa shape index (κ1) is 11.8. The van der Waals surface area contributed by atoms with Gasteiger partial charge in [-0.25, -0.2) is 0 Å². The summed E-state index contributed by atoms with van der Waals surface area (Å²) in [5.74, 6) is 0. The molecule has 0 radical (unpaired) electrons. The average molecular weight is 242 g/mol. The fourth-order valence-electron chi connectivity index (χ4n) is 1.57. The van der Waals surface area contributed by atoms with Crippen molar-refractivity contribution in [3.05, 3.63) is 57.3 Å². The Kier molecular flexibility index (Phi) is 3.92. The van der Waals surface area contributed by atoms with E-state index in [0.29, 0.717) is 0 Å². The Balaban J connectivity index is 1.83. The first-order valence-corrected chi connectivity index (χ1v) is 6.34. The first-order valence-electron chi connectivity index (χ1n) is 5.53. The number of thiophene rings is 1. The first-order chi connectivity index (χ1) is 8.28. The van der Waals surface area contributed by atoms with E-state index < -0.39 is 0 Å². The molecule has 0 aliphatic rings. The Labute approximate surface area is 106 Å². The van der Waals surface area contributed by atoms with Crippen LogP contribution in [0.2, 0.25) is 0 Å². The molecule has 0 saturated carbocycles. The highest BCUT2D eigenvalue weighted by atomic mass is 32.1. The molecule has 2 rings (SSSR count). The van der Waals surface area contributed by atoms with Crippen LogP contribution in [0.4, 0.5) is 0 Å². The molecule has 0 aliphatic heterocycles. The van der Waals surface area contributed by atoms with Crippen LogP contribution in [-0.2, 0) is 13.1 Å². The Morgan fingerprint density at radius 2 is 1.88 bits per heavy atom. The van der Waals surface area contributed by atoms with Gasteiger partial charge in [-0.3, -0.25) is 0 Å². The maximum absolute atomic E-state index is 8.72. The minimum Gasteiger partial charge on any atom is -0.308 e. The van der Waals surface area contributed by atoms with Crippen molar-refractivity contribution in [1.82, 2.24) is 5.32 Å². The van der Waals surface area contributed by atoms with Gasteiger partial charge in [0.15, 0.2) is 0 Å². The summed E-state index contributed by atoms with van der Waals surface area (Å²) < 4.78 is 0. The van der Waals surface area contributed by atoms with Gasteiger partial charge in [-0.15, -0.1) is 11.3 Å². The highest BCUT2D eigenvalue weighted by molar-refractivity contribution is 7.12. The summed E-state index contributed by atoms with van der Waals surface area (Å²) in [6, 6.07) is 14.5. The topological polar surface area (TPSA) is 35.8 Å². The van der Waals surface area contributed by atoms with Crippen molar-refractivity contribution < 1.29 is 0 Å². The van der Waals surface area contributed by atoms with E-state index >= 15 is 0 Å². The smallest absolute Gasteiger partial charge is 0.110 e. The lowest BCUT2D eigenvalue weighted by Crippen LogP contribution is -2.11. The molecule has 0 aliphatic carbocycles. The van der Waals surface area contributed by atoms with Crippen molar-refractivity contribution in [3.63, 3.8) is 0 Å². The normalized spacial score (nSPS) is 10.1. The number of hydrogen-bond donors (Lipinski definition) is 1. The van der Waals surface area contributed by atoms with Crippen molar-refractivity contribution in [2.24, 2.45) is 0 Å². The summed E-state index contributed by atoms with van der Waals surface area (Å²) in [4.78, 5) is 1.98. The van der Waals surface area contributed by atoms with E-state index in [0.717, 1.165) is 18.0 Å². The zero-order valence-electron chi connectivity index (χ0n) is 9.73. The quantitative estimate of drug-likeness (QED) is 0.893. The van der Waals surface area contributed by atoms with Crippen LogP contribution in [0.3, 0.4) is 0 Å². The fourth-order valence-corrected chi connectivity index (χ4v) is 2.34. The predicted molar refractivity (Wildman–Crippen MR) is 70.8 cm³/mol. The van der Waals surface area contributed by atoms with Crippen LogP contribution < -0.4 is 5.32 Å². The highest BCUT2D eigenvalue weighted by Crippen LogP contribution is 2.15. The predicted octanol–water partition coefficient (Wildman–Crippen LogP) is 3.22. The minimum atomic E-state index is 0.775. The SMILES string of the molecule is Cc1ccc(CNCc2ccc(C#N)s2)cc1. The fraction of sp³-hybridized carbons (Fsp3) is 0.214. The summed E-state index contributed by atoms with van der Waals surface area (Å²) in [6.07, 6.45) is 0. The van der Waals surface area contributed by atoms with Gasteiger partial charge < -0.3 is 5.32 Å². The molecule has 0 atom stereocenters. The Bertz CT molecular complexity index is 520. The summed E-state index contributed by atoms with van der Waals surface area (Å²) in [5, 5.41) is 12.1. The zero-order chi connectivity index (χ0) is 12.1. The molecule has 1 aromatic carbocycles. The molecular weight excluding hydrogens is 228 g/mol. The van der Waals surface area contributed by atoms with Gasteiger partial charge in [-0.05, 0) is 24.6 Å². The van der Waals surface area contributed by atoms with Gasteiger partial charge in [0.05, 0.1) is 0 Å². The average Bonchev–Trinajstić information content (AvgIpc) is 2.80. The molecule has 2 aromatic rings. The van der Waals surface area contributed by atoms with Crippen LogP contribution in [0.5, 0.6) is 0 Å². The lowest BCUT2D eigenvalue weighted by molar-refractivity contribution is 0.701. The third kappa shape index (κ3) is 3.42. The number of aryl methyl sites for hydroxylation is 1. The van der Waals surface area contributed by atoms with E-state index in [9.17, 15) is 0 Å². The minimum absolute atomic E-state index is 0.775. The molecule has 0 amide bonds. The molecule has 17 heavy (non-hydrogen) atoms. The molecule has 0 bridgehead atoms. The summed E-state index contributed by atoms with van der Waals surface area (Å²) >= 11 is 1.55. The lowest BCUT2D eigenvalue weighted by atomic mass is 10.1. The molecule has 0 fully saturated rings. The monoisotopic (exact) mass is 242 g/mol. The summed E-state index contributed by atoms with van der Waals surface area (Å²) in [7, 11) is 0. The third-order valence-corrected chi connectivity index (χ3v) is 3.51. The number of nitriles is 1. The molecule has 1 N–H and O–H groups in total. The number of hydrogen-bond acceptors (Lipinski definition) is 3. The van der Waals surface area contributed by atoms with Gasteiger partial charge in [-0.1, -0.05) is 29.8 Å². The Morgan fingerprint density at radius 3 is 2.53 bits per heavy atom. The maximum Gasteiger partial charge on any atom is 0.110 e. The lowest BCUT2D eigenvalue weighted by Gasteiger charge is -2.03. The van der Waals surface area contributed by atoms with Crippen molar-refractivity contribution >= 4 is 11.3 Å². The van der Waals surface area contributed by atoms with Crippen LogP contribution in [0, 0.1) is 18.3 Å². The van der Waals surface area contributed by atoms with Crippen LogP contribution in [0.25, 0.3) is 0 Å². The standard InChI is InChI=1S/C14H14N2S/c1-11-2-4-12(5-3-11)9-16-10-14-7-6-13(8-15)17-14/h2-7,16H,9-10H2,1H3. The number of nitrogens with one attached hydrogen (secondary N) is 1. The highest BCUT2D eigenvalue weighted by Gasteiger charge is 1.98. The van der Waals surface area contributed by atoms with Crippen LogP contribution >= 0.6 is 11.3 Å². The molecule has 86 valence electrons. The van der Waals surface area contributed by atoms with Gasteiger partial charge in [-0.2, -0.15) is 5.26 Å². The van der Waals surface area contributed by atoms with E-state index in [1.165, 1.54) is 16.0 Å². The van der Waals surface area contributed by atoms with Crippen LogP contribution in [0.15, 0.2) is 36.4 Å². The second-order valence-electron chi connectivity index (χ2n) is 3.97. The number of benzene rings is 1. The van der Waals surface area contributed by atoms with Gasteiger partial charge in [0.2, 0.25) is 0 Å². The van der Waals surface area contributed by atoms with Gasteiger partial charge in [0, 0.05) is 18.0 Å². The van der Waals surface area contributed by atoms with Crippen molar-refractivity contribution in [1.29, 1.82) is 5.26 Å². The molecule has 3 heteroatoms. The van der Waals surface area contributed by atoms with E-state index in [2.05, 4.69) is 42.6 Å². The van der Waals surface area contributed by atoms with E-state index in [1.54, 1.807) is 11.3 Å². The zero-order valence-corrected chi connectivity index (χ0v) is 10.6. The molecule has 0 saturated heterocycles. The molecule has 2 nitrogen and oxygen atoms in total. The number of nitrogens with zero attached hydrogens (tertiary/aromatic N) is 1. The van der Waals surface area contributed by atoms with E-state index in [-0.39, 0.29) is 0 Å². The second-order valence-corrected chi connectivity index (χ2v) is 5.14. The molecule has 0 spiro atoms. The second kappa shape index (κ2) is 5.62. The molecule has 1 aromatic heterocycles. The van der Waals surface area contributed by atoms with E-state index in [1.807, 2.05) is 12.1 Å². The maximum atomic E-state index is 8.72. The van der Waals surface area contributed by atoms with Crippen molar-refractivity contribution in [3.8, 4) is 6.07 Å². The van der Waals surface area contributed by atoms with Crippen LogP contribution in [0.1, 0.15) is 20.9 Å². The largest absolute Gasteiger partial charge is 0.308 e. The molecular formula is C14H14N2S. The number of rotatable bonds is 4. The van der Waals surface area contributed by atoms with Gasteiger partial charge >= 0.3 is 0 Å². The van der Waals surface area contributed by atoms with Gasteiger partial charge in [0.25, 0.3) is 0 Å². The Morgan fingerprint density at radius 1 is 1.12 bits per heavy atom. The molecule has 1 heterocycles. The van der Waals surface area contributed by atoms with Crippen molar-refractivity contribution in [2.45, 2.75) is 20.0 Å².